The summed E-state index contributed by atoms with van der Waals surface area (Å²) in [5.74, 6) is 0. The predicted octanol–water partition coefficient (Wildman–Crippen LogP) is 2.49. The zero-order valence-corrected chi connectivity index (χ0v) is 10.3. The average molecular weight is 208 g/mol. The highest BCUT2D eigenvalue weighted by Crippen LogP contribution is 2.30. The van der Waals surface area contributed by atoms with Gasteiger partial charge in [0.15, 0.2) is 0 Å². The van der Waals surface area contributed by atoms with Crippen molar-refractivity contribution in [2.24, 2.45) is 0 Å². The summed E-state index contributed by atoms with van der Waals surface area (Å²) in [5.41, 5.74) is 2.60. The fourth-order valence-electron chi connectivity index (χ4n) is 2.00. The number of aromatic nitrogens is 2. The summed E-state index contributed by atoms with van der Waals surface area (Å²) in [6.07, 6.45) is 1.99. The number of nitrogens with zero attached hydrogens (tertiary/aromatic N) is 2. The van der Waals surface area contributed by atoms with Gasteiger partial charge in [-0.1, -0.05) is 20.8 Å². The van der Waals surface area contributed by atoms with E-state index in [2.05, 4.69) is 44.4 Å². The zero-order valence-electron chi connectivity index (χ0n) is 10.3. The molecule has 1 aromatic rings. The topological polar surface area (TPSA) is 27.1 Å². The Balaban J connectivity index is 2.39. The summed E-state index contributed by atoms with van der Waals surface area (Å²) in [5, 5.41) is 4.46. The number of fused-ring (bicyclic) bond motifs is 1. The lowest BCUT2D eigenvalue weighted by Crippen LogP contribution is -2.36. The summed E-state index contributed by atoms with van der Waals surface area (Å²) in [6, 6.07) is 0. The first-order chi connectivity index (χ1) is 6.80. The van der Waals surface area contributed by atoms with E-state index in [0.29, 0.717) is 6.61 Å². The number of hydrogen-bond donors (Lipinski definition) is 0. The van der Waals surface area contributed by atoms with Crippen LogP contribution in [0.25, 0.3) is 0 Å². The second-order valence-corrected chi connectivity index (χ2v) is 5.96. The van der Waals surface area contributed by atoms with Crippen LogP contribution in [-0.2, 0) is 23.3 Å². The number of rotatable bonds is 0. The highest BCUT2D eigenvalue weighted by molar-refractivity contribution is 5.26. The minimum Gasteiger partial charge on any atom is -0.367 e. The van der Waals surface area contributed by atoms with Crippen molar-refractivity contribution in [3.8, 4) is 0 Å². The van der Waals surface area contributed by atoms with E-state index in [1.54, 1.807) is 0 Å². The third kappa shape index (κ3) is 1.93. The van der Waals surface area contributed by atoms with Crippen molar-refractivity contribution in [3.05, 3.63) is 17.5 Å². The number of ether oxygens (including phenoxy) is 1. The molecule has 0 amide bonds. The monoisotopic (exact) mass is 208 g/mol. The van der Waals surface area contributed by atoms with Crippen molar-refractivity contribution < 1.29 is 4.74 Å². The van der Waals surface area contributed by atoms with E-state index in [1.165, 1.54) is 11.3 Å². The molecule has 1 aromatic heterocycles. The van der Waals surface area contributed by atoms with E-state index in [1.807, 2.05) is 6.20 Å². The standard InChI is InChI=1S/C12H20N2O/c1-11(2,3)9-6-13-14-8-12(4,5)15-7-10(9)14/h6H,7-8H2,1-5H3. The van der Waals surface area contributed by atoms with Crippen LogP contribution in [0.3, 0.4) is 0 Å². The van der Waals surface area contributed by atoms with Crippen molar-refractivity contribution in [3.63, 3.8) is 0 Å². The quantitative estimate of drug-likeness (QED) is 0.655. The van der Waals surface area contributed by atoms with Gasteiger partial charge in [0, 0.05) is 5.56 Å². The molecule has 0 spiro atoms. The molecular formula is C12H20N2O. The Labute approximate surface area is 91.4 Å². The maximum Gasteiger partial charge on any atom is 0.0896 e. The van der Waals surface area contributed by atoms with Crippen LogP contribution in [0, 0.1) is 0 Å². The van der Waals surface area contributed by atoms with Crippen molar-refractivity contribution in [1.82, 2.24) is 9.78 Å². The van der Waals surface area contributed by atoms with Gasteiger partial charge in [-0.05, 0) is 19.3 Å². The van der Waals surface area contributed by atoms with Crippen LogP contribution in [-0.4, -0.2) is 15.4 Å². The lowest BCUT2D eigenvalue weighted by atomic mass is 9.87. The molecule has 0 aromatic carbocycles. The third-order valence-electron chi connectivity index (χ3n) is 2.89. The maximum atomic E-state index is 5.83. The third-order valence-corrected chi connectivity index (χ3v) is 2.89. The van der Waals surface area contributed by atoms with Gasteiger partial charge in [-0.15, -0.1) is 0 Å². The molecule has 3 nitrogen and oxygen atoms in total. The Bertz CT molecular complexity index is 371. The van der Waals surface area contributed by atoms with Crippen LogP contribution in [0.1, 0.15) is 45.9 Å². The van der Waals surface area contributed by atoms with Crippen molar-refractivity contribution in [1.29, 1.82) is 0 Å². The molecule has 0 fully saturated rings. The second kappa shape index (κ2) is 3.08. The Hall–Kier alpha value is -0.830. The van der Waals surface area contributed by atoms with Gasteiger partial charge in [0.1, 0.15) is 0 Å². The minimum atomic E-state index is -0.0891. The van der Waals surface area contributed by atoms with Crippen LogP contribution in [0.15, 0.2) is 6.20 Å². The Kier molecular flexibility index (Phi) is 2.19. The van der Waals surface area contributed by atoms with Crippen LogP contribution in [0.2, 0.25) is 0 Å². The van der Waals surface area contributed by atoms with Gasteiger partial charge >= 0.3 is 0 Å². The van der Waals surface area contributed by atoms with Crippen LogP contribution < -0.4 is 0 Å². The van der Waals surface area contributed by atoms with Gasteiger partial charge in [0.05, 0.1) is 30.6 Å². The van der Waals surface area contributed by atoms with E-state index in [4.69, 9.17) is 4.74 Å². The molecule has 1 aliphatic heterocycles. The summed E-state index contributed by atoms with van der Waals surface area (Å²) >= 11 is 0. The average Bonchev–Trinajstić information content (AvgIpc) is 2.43. The zero-order chi connectivity index (χ0) is 11.3. The van der Waals surface area contributed by atoms with E-state index >= 15 is 0 Å². The lowest BCUT2D eigenvalue weighted by molar-refractivity contribution is -0.0666. The molecule has 1 aliphatic rings. The fourth-order valence-corrected chi connectivity index (χ4v) is 2.00. The molecule has 0 atom stereocenters. The van der Waals surface area contributed by atoms with Gasteiger partial charge in [-0.25, -0.2) is 0 Å². The molecule has 0 saturated carbocycles. The van der Waals surface area contributed by atoms with E-state index in [-0.39, 0.29) is 11.0 Å². The van der Waals surface area contributed by atoms with Crippen LogP contribution >= 0.6 is 0 Å². The molecule has 0 radical (unpaired) electrons. The molecule has 15 heavy (non-hydrogen) atoms. The van der Waals surface area contributed by atoms with Crippen molar-refractivity contribution >= 4 is 0 Å². The Morgan fingerprint density at radius 1 is 1.40 bits per heavy atom. The SMILES string of the molecule is CC1(C)Cn2ncc(C(C)(C)C)c2CO1. The van der Waals surface area contributed by atoms with Gasteiger partial charge in [0.25, 0.3) is 0 Å². The normalized spacial score (nSPS) is 20.1. The molecular weight excluding hydrogens is 188 g/mol. The molecule has 0 unspecified atom stereocenters. The van der Waals surface area contributed by atoms with Gasteiger partial charge < -0.3 is 4.74 Å². The van der Waals surface area contributed by atoms with Gasteiger partial charge in [-0.2, -0.15) is 5.10 Å². The highest BCUT2D eigenvalue weighted by Gasteiger charge is 2.31. The first-order valence-corrected chi connectivity index (χ1v) is 5.49. The minimum absolute atomic E-state index is 0.0891. The largest absolute Gasteiger partial charge is 0.367 e. The lowest BCUT2D eigenvalue weighted by Gasteiger charge is -2.32. The molecule has 0 N–H and O–H groups in total. The summed E-state index contributed by atoms with van der Waals surface area (Å²) < 4.78 is 7.91. The molecule has 0 aliphatic carbocycles. The Morgan fingerprint density at radius 2 is 2.07 bits per heavy atom. The summed E-state index contributed by atoms with van der Waals surface area (Å²) in [6.45, 7) is 12.4. The molecule has 2 heterocycles. The molecule has 3 heteroatoms. The van der Waals surface area contributed by atoms with Crippen LogP contribution in [0.5, 0.6) is 0 Å². The molecule has 0 bridgehead atoms. The smallest absolute Gasteiger partial charge is 0.0896 e. The summed E-state index contributed by atoms with van der Waals surface area (Å²) in [4.78, 5) is 0. The molecule has 2 rings (SSSR count). The van der Waals surface area contributed by atoms with E-state index < -0.39 is 0 Å². The number of hydrogen-bond acceptors (Lipinski definition) is 2. The first-order valence-electron chi connectivity index (χ1n) is 5.49. The second-order valence-electron chi connectivity index (χ2n) is 5.96. The summed E-state index contributed by atoms with van der Waals surface area (Å²) in [7, 11) is 0. The van der Waals surface area contributed by atoms with Crippen LogP contribution in [0.4, 0.5) is 0 Å². The van der Waals surface area contributed by atoms with E-state index in [9.17, 15) is 0 Å². The Morgan fingerprint density at radius 3 is 2.67 bits per heavy atom. The maximum absolute atomic E-state index is 5.83. The highest BCUT2D eigenvalue weighted by atomic mass is 16.5. The first kappa shape index (κ1) is 10.7. The molecule has 0 saturated heterocycles. The van der Waals surface area contributed by atoms with Crippen molar-refractivity contribution in [2.45, 2.75) is 58.8 Å². The predicted molar refractivity (Wildman–Crippen MR) is 59.8 cm³/mol. The van der Waals surface area contributed by atoms with Gasteiger partial charge in [-0.3, -0.25) is 4.68 Å². The van der Waals surface area contributed by atoms with Crippen molar-refractivity contribution in [2.75, 3.05) is 0 Å². The molecule has 84 valence electrons. The fraction of sp³-hybridized carbons (Fsp3) is 0.750. The van der Waals surface area contributed by atoms with Gasteiger partial charge in [0.2, 0.25) is 0 Å². The van der Waals surface area contributed by atoms with E-state index in [0.717, 1.165) is 6.54 Å².